The number of amides is 1. The van der Waals surface area contributed by atoms with Crippen molar-refractivity contribution >= 4 is 41.5 Å². The van der Waals surface area contributed by atoms with Crippen LogP contribution in [0.2, 0.25) is 10.0 Å². The Morgan fingerprint density at radius 1 is 1.32 bits per heavy atom. The lowest BCUT2D eigenvalue weighted by molar-refractivity contribution is -0.131. The molecule has 2 rings (SSSR count). The number of carbonyl (C=O) groups is 1. The van der Waals surface area contributed by atoms with E-state index in [0.29, 0.717) is 16.5 Å². The fourth-order valence-corrected chi connectivity index (χ4v) is 3.15. The molecule has 1 N–H and O–H groups in total. The Labute approximate surface area is 148 Å². The summed E-state index contributed by atoms with van der Waals surface area (Å²) in [5, 5.41) is 4.41. The van der Waals surface area contributed by atoms with Gasteiger partial charge in [0.15, 0.2) is 0 Å². The number of nitrogens with zero attached hydrogens (tertiary/aromatic N) is 1. The lowest BCUT2D eigenvalue weighted by atomic mass is 9.93. The van der Waals surface area contributed by atoms with Crippen LogP contribution < -0.4 is 5.32 Å². The summed E-state index contributed by atoms with van der Waals surface area (Å²) in [4.78, 5) is 14.3. The van der Waals surface area contributed by atoms with Gasteiger partial charge in [0.1, 0.15) is 0 Å². The molecule has 0 saturated carbocycles. The van der Waals surface area contributed by atoms with Crippen molar-refractivity contribution in [3.05, 3.63) is 33.8 Å². The highest BCUT2D eigenvalue weighted by Gasteiger charge is 2.22. The van der Waals surface area contributed by atoms with Crippen LogP contribution in [0.3, 0.4) is 0 Å². The highest BCUT2D eigenvalue weighted by molar-refractivity contribution is 6.33. The third-order valence-electron chi connectivity index (χ3n) is 4.12. The molecule has 3 nitrogen and oxygen atoms in total. The SMILES string of the molecule is CNCCC1CCN(C(=O)Cc2cc(Cl)ccc2Cl)CC1.Cl. The average Bonchev–Trinajstić information content (AvgIpc) is 2.49. The molecule has 1 fully saturated rings. The van der Waals surface area contributed by atoms with Crippen LogP contribution in [-0.4, -0.2) is 37.5 Å². The van der Waals surface area contributed by atoms with E-state index >= 15 is 0 Å². The monoisotopic (exact) mass is 364 g/mol. The van der Waals surface area contributed by atoms with Crippen LogP contribution in [0.5, 0.6) is 0 Å². The first-order valence-corrected chi connectivity index (χ1v) is 8.22. The second kappa shape index (κ2) is 9.61. The molecule has 0 unspecified atom stereocenters. The molecule has 0 atom stereocenters. The number of likely N-dealkylation sites (tertiary alicyclic amines) is 1. The number of hydrogen-bond acceptors (Lipinski definition) is 2. The van der Waals surface area contributed by atoms with Gasteiger partial charge in [0.2, 0.25) is 5.91 Å². The summed E-state index contributed by atoms with van der Waals surface area (Å²) in [5.41, 5.74) is 0.812. The molecule has 1 amide bonds. The van der Waals surface area contributed by atoms with Gasteiger partial charge >= 0.3 is 0 Å². The maximum atomic E-state index is 12.4. The number of hydrogen-bond donors (Lipinski definition) is 1. The van der Waals surface area contributed by atoms with Crippen molar-refractivity contribution in [2.75, 3.05) is 26.7 Å². The molecule has 1 heterocycles. The van der Waals surface area contributed by atoms with Crippen molar-refractivity contribution in [2.24, 2.45) is 5.92 Å². The first-order chi connectivity index (χ1) is 10.1. The van der Waals surface area contributed by atoms with Gasteiger partial charge < -0.3 is 10.2 Å². The molecule has 0 aromatic heterocycles. The van der Waals surface area contributed by atoms with E-state index < -0.39 is 0 Å². The van der Waals surface area contributed by atoms with Crippen LogP contribution in [0.1, 0.15) is 24.8 Å². The molecular weight excluding hydrogens is 343 g/mol. The van der Waals surface area contributed by atoms with E-state index in [-0.39, 0.29) is 18.3 Å². The molecule has 0 aliphatic carbocycles. The molecule has 0 bridgehead atoms. The fraction of sp³-hybridized carbons (Fsp3) is 0.562. The molecule has 1 aromatic carbocycles. The van der Waals surface area contributed by atoms with Gasteiger partial charge in [0.25, 0.3) is 0 Å². The molecule has 22 heavy (non-hydrogen) atoms. The van der Waals surface area contributed by atoms with Gasteiger partial charge in [-0.3, -0.25) is 4.79 Å². The van der Waals surface area contributed by atoms with Crippen molar-refractivity contribution in [2.45, 2.75) is 25.7 Å². The van der Waals surface area contributed by atoms with Crippen LogP contribution in [0.15, 0.2) is 18.2 Å². The molecule has 1 aliphatic heterocycles. The zero-order chi connectivity index (χ0) is 15.2. The summed E-state index contributed by atoms with van der Waals surface area (Å²) in [6.07, 6.45) is 3.71. The average molecular weight is 366 g/mol. The summed E-state index contributed by atoms with van der Waals surface area (Å²) in [6, 6.07) is 5.27. The third-order valence-corrected chi connectivity index (χ3v) is 4.72. The number of carbonyl (C=O) groups excluding carboxylic acids is 1. The van der Waals surface area contributed by atoms with Gasteiger partial charge in [-0.1, -0.05) is 23.2 Å². The van der Waals surface area contributed by atoms with Crippen molar-refractivity contribution in [1.29, 1.82) is 0 Å². The molecule has 0 radical (unpaired) electrons. The minimum absolute atomic E-state index is 0. The highest BCUT2D eigenvalue weighted by Crippen LogP contribution is 2.24. The van der Waals surface area contributed by atoms with E-state index in [0.717, 1.165) is 44.0 Å². The smallest absolute Gasteiger partial charge is 0.227 e. The zero-order valence-electron chi connectivity index (χ0n) is 12.8. The predicted molar refractivity (Wildman–Crippen MR) is 95.3 cm³/mol. The summed E-state index contributed by atoms with van der Waals surface area (Å²) in [6.45, 7) is 2.76. The van der Waals surface area contributed by atoms with Crippen LogP contribution >= 0.6 is 35.6 Å². The van der Waals surface area contributed by atoms with Gasteiger partial charge in [-0.15, -0.1) is 12.4 Å². The summed E-state index contributed by atoms with van der Waals surface area (Å²) < 4.78 is 0. The van der Waals surface area contributed by atoms with E-state index in [4.69, 9.17) is 23.2 Å². The Hall–Kier alpha value is -0.480. The number of nitrogens with one attached hydrogen (secondary N) is 1. The second-order valence-electron chi connectivity index (χ2n) is 5.63. The molecular formula is C16H23Cl3N2O. The largest absolute Gasteiger partial charge is 0.342 e. The molecule has 1 aliphatic rings. The van der Waals surface area contributed by atoms with Crippen LogP contribution in [0.25, 0.3) is 0 Å². The molecule has 1 saturated heterocycles. The van der Waals surface area contributed by atoms with Gasteiger partial charge in [-0.2, -0.15) is 0 Å². The fourth-order valence-electron chi connectivity index (χ4n) is 2.77. The normalized spacial score (nSPS) is 15.5. The Bertz CT molecular complexity index is 488. The van der Waals surface area contributed by atoms with Crippen LogP contribution in [0.4, 0.5) is 0 Å². The predicted octanol–water partition coefficient (Wildman–Crippen LogP) is 3.81. The summed E-state index contributed by atoms with van der Waals surface area (Å²) in [7, 11) is 1.98. The first-order valence-electron chi connectivity index (χ1n) is 7.46. The number of piperidine rings is 1. The molecule has 6 heteroatoms. The first kappa shape index (κ1) is 19.6. The lowest BCUT2D eigenvalue weighted by Crippen LogP contribution is -2.39. The van der Waals surface area contributed by atoms with E-state index in [1.807, 2.05) is 11.9 Å². The topological polar surface area (TPSA) is 32.3 Å². The second-order valence-corrected chi connectivity index (χ2v) is 6.47. The Morgan fingerprint density at radius 2 is 2.00 bits per heavy atom. The summed E-state index contributed by atoms with van der Waals surface area (Å²) >= 11 is 12.1. The minimum atomic E-state index is 0. The van der Waals surface area contributed by atoms with Crippen molar-refractivity contribution in [3.8, 4) is 0 Å². The standard InChI is InChI=1S/C16H22Cl2N2O.ClH/c1-19-7-4-12-5-8-20(9-6-12)16(21)11-13-10-14(17)2-3-15(13)18;/h2-3,10,12,19H,4-9,11H2,1H3;1H. The van der Waals surface area contributed by atoms with E-state index in [1.165, 1.54) is 6.42 Å². The van der Waals surface area contributed by atoms with Gasteiger partial charge in [0, 0.05) is 23.1 Å². The van der Waals surface area contributed by atoms with Crippen LogP contribution in [-0.2, 0) is 11.2 Å². The van der Waals surface area contributed by atoms with Crippen LogP contribution in [0, 0.1) is 5.92 Å². The van der Waals surface area contributed by atoms with E-state index in [1.54, 1.807) is 18.2 Å². The van der Waals surface area contributed by atoms with Crippen molar-refractivity contribution in [3.63, 3.8) is 0 Å². The quantitative estimate of drug-likeness (QED) is 0.860. The Balaban J connectivity index is 0.00000242. The van der Waals surface area contributed by atoms with E-state index in [2.05, 4.69) is 5.32 Å². The Morgan fingerprint density at radius 3 is 2.64 bits per heavy atom. The molecule has 124 valence electrons. The van der Waals surface area contributed by atoms with Gasteiger partial charge in [-0.05, 0) is 62.5 Å². The van der Waals surface area contributed by atoms with E-state index in [9.17, 15) is 4.79 Å². The number of halogens is 3. The van der Waals surface area contributed by atoms with Gasteiger partial charge in [-0.25, -0.2) is 0 Å². The number of rotatable bonds is 5. The highest BCUT2D eigenvalue weighted by atomic mass is 35.5. The van der Waals surface area contributed by atoms with Crippen molar-refractivity contribution in [1.82, 2.24) is 10.2 Å². The maximum absolute atomic E-state index is 12.4. The third kappa shape index (κ3) is 5.62. The van der Waals surface area contributed by atoms with Crippen molar-refractivity contribution < 1.29 is 4.79 Å². The lowest BCUT2D eigenvalue weighted by Gasteiger charge is -2.32. The molecule has 0 spiro atoms. The molecule has 1 aromatic rings. The zero-order valence-corrected chi connectivity index (χ0v) is 15.1. The maximum Gasteiger partial charge on any atom is 0.227 e. The summed E-state index contributed by atoms with van der Waals surface area (Å²) in [5.74, 6) is 0.877. The van der Waals surface area contributed by atoms with Gasteiger partial charge in [0.05, 0.1) is 6.42 Å². The number of benzene rings is 1. The minimum Gasteiger partial charge on any atom is -0.342 e. The Kier molecular flexibility index (Phi) is 8.55.